The first-order chi connectivity index (χ1) is 10.2. The lowest BCUT2D eigenvalue weighted by atomic mass is 9.90. The Balaban J connectivity index is 2.01. The number of hydrogen-bond acceptors (Lipinski definition) is 1. The molecule has 0 heterocycles. The van der Waals surface area contributed by atoms with Crippen LogP contribution in [0, 0.1) is 0 Å². The summed E-state index contributed by atoms with van der Waals surface area (Å²) in [4.78, 5) is 0. The van der Waals surface area contributed by atoms with E-state index in [2.05, 4.69) is 6.92 Å². The Bertz CT molecular complexity index is 342. The molecule has 0 fully saturated rings. The minimum atomic E-state index is -0.665. The summed E-state index contributed by atoms with van der Waals surface area (Å²) in [5.74, 6) is 0. The minimum absolute atomic E-state index is 0.665. The highest BCUT2D eigenvalue weighted by molar-refractivity contribution is 5.21. The molecule has 1 aromatic rings. The van der Waals surface area contributed by atoms with Crippen molar-refractivity contribution in [2.75, 3.05) is 0 Å². The maximum Gasteiger partial charge on any atom is 0.0868 e. The molecule has 0 aliphatic heterocycles. The van der Waals surface area contributed by atoms with Crippen molar-refractivity contribution in [3.63, 3.8) is 0 Å². The Kier molecular flexibility index (Phi) is 9.41. The van der Waals surface area contributed by atoms with Crippen molar-refractivity contribution in [3.05, 3.63) is 35.9 Å². The summed E-state index contributed by atoms with van der Waals surface area (Å²) < 4.78 is 0. The molecule has 0 amide bonds. The zero-order valence-electron chi connectivity index (χ0n) is 14.1. The molecule has 0 bridgehead atoms. The van der Waals surface area contributed by atoms with E-state index < -0.39 is 5.60 Å². The fourth-order valence-electron chi connectivity index (χ4n) is 2.90. The van der Waals surface area contributed by atoms with Gasteiger partial charge in [-0.1, -0.05) is 101 Å². The molecule has 120 valence electrons. The van der Waals surface area contributed by atoms with Crippen molar-refractivity contribution in [2.45, 2.75) is 90.1 Å². The third-order valence-corrected chi connectivity index (χ3v) is 4.41. The van der Waals surface area contributed by atoms with E-state index in [1.165, 1.54) is 57.8 Å². The largest absolute Gasteiger partial charge is 0.385 e. The summed E-state index contributed by atoms with van der Waals surface area (Å²) in [5, 5.41) is 10.5. The summed E-state index contributed by atoms with van der Waals surface area (Å²) in [5.41, 5.74) is 0.377. The van der Waals surface area contributed by atoms with Crippen LogP contribution in [-0.4, -0.2) is 5.11 Å². The topological polar surface area (TPSA) is 20.2 Å². The average molecular weight is 290 g/mol. The monoisotopic (exact) mass is 290 g/mol. The second kappa shape index (κ2) is 10.8. The van der Waals surface area contributed by atoms with Crippen LogP contribution in [0.1, 0.15) is 90.0 Å². The van der Waals surface area contributed by atoms with Gasteiger partial charge in [0.1, 0.15) is 0 Å². The van der Waals surface area contributed by atoms with Gasteiger partial charge in [-0.25, -0.2) is 0 Å². The van der Waals surface area contributed by atoms with Crippen LogP contribution < -0.4 is 0 Å². The van der Waals surface area contributed by atoms with Gasteiger partial charge in [-0.2, -0.15) is 0 Å². The highest BCUT2D eigenvalue weighted by atomic mass is 16.3. The summed E-state index contributed by atoms with van der Waals surface area (Å²) >= 11 is 0. The maximum atomic E-state index is 10.5. The van der Waals surface area contributed by atoms with E-state index in [1.807, 2.05) is 37.3 Å². The fourth-order valence-corrected chi connectivity index (χ4v) is 2.90. The highest BCUT2D eigenvalue weighted by Crippen LogP contribution is 2.26. The zero-order valence-corrected chi connectivity index (χ0v) is 14.1. The molecule has 1 heteroatoms. The van der Waals surface area contributed by atoms with Gasteiger partial charge in [-0.15, -0.1) is 0 Å². The number of aliphatic hydroxyl groups is 1. The lowest BCUT2D eigenvalue weighted by molar-refractivity contribution is 0.0448. The third kappa shape index (κ3) is 8.26. The Labute approximate surface area is 131 Å². The third-order valence-electron chi connectivity index (χ3n) is 4.41. The van der Waals surface area contributed by atoms with Crippen molar-refractivity contribution in [1.82, 2.24) is 0 Å². The molecule has 0 spiro atoms. The van der Waals surface area contributed by atoms with Crippen LogP contribution in [0.3, 0.4) is 0 Å². The molecule has 0 saturated heterocycles. The molecule has 0 aromatic heterocycles. The molecule has 0 aliphatic rings. The van der Waals surface area contributed by atoms with Crippen LogP contribution in [0.5, 0.6) is 0 Å². The Morgan fingerprint density at radius 3 is 1.76 bits per heavy atom. The summed E-state index contributed by atoms with van der Waals surface area (Å²) in [6, 6.07) is 10.1. The van der Waals surface area contributed by atoms with Crippen LogP contribution in [0.2, 0.25) is 0 Å². The molecule has 1 nitrogen and oxygen atoms in total. The molecular formula is C20H34O. The van der Waals surface area contributed by atoms with Crippen molar-refractivity contribution in [2.24, 2.45) is 0 Å². The lowest BCUT2D eigenvalue weighted by Gasteiger charge is -2.23. The standard InChI is InChI=1S/C20H34O/c1-3-4-5-6-7-8-9-10-11-15-18-20(2,21)19-16-13-12-14-17-19/h12-14,16-17,21H,3-11,15,18H2,1-2H3. The Morgan fingerprint density at radius 2 is 1.24 bits per heavy atom. The molecule has 1 N–H and O–H groups in total. The van der Waals surface area contributed by atoms with Crippen LogP contribution in [0.25, 0.3) is 0 Å². The van der Waals surface area contributed by atoms with Gasteiger partial charge in [0.15, 0.2) is 0 Å². The van der Waals surface area contributed by atoms with Crippen molar-refractivity contribution >= 4 is 0 Å². The maximum absolute atomic E-state index is 10.5. The second-order valence-electron chi connectivity index (χ2n) is 6.57. The van der Waals surface area contributed by atoms with Gasteiger partial charge in [-0.05, 0) is 18.9 Å². The number of hydrogen-bond donors (Lipinski definition) is 1. The van der Waals surface area contributed by atoms with Crippen LogP contribution in [0.15, 0.2) is 30.3 Å². The SMILES string of the molecule is CCCCCCCCCCCCC(C)(O)c1ccccc1. The second-order valence-corrected chi connectivity index (χ2v) is 6.57. The number of rotatable bonds is 12. The van der Waals surface area contributed by atoms with Crippen molar-refractivity contribution in [1.29, 1.82) is 0 Å². The summed E-state index contributed by atoms with van der Waals surface area (Å²) in [7, 11) is 0. The lowest BCUT2D eigenvalue weighted by Crippen LogP contribution is -2.20. The average Bonchev–Trinajstić information content (AvgIpc) is 2.50. The van der Waals surface area contributed by atoms with E-state index in [9.17, 15) is 5.11 Å². The van der Waals surface area contributed by atoms with Gasteiger partial charge in [0.25, 0.3) is 0 Å². The first-order valence-electron chi connectivity index (χ1n) is 8.94. The molecule has 1 aromatic carbocycles. The molecule has 0 saturated carbocycles. The van der Waals surface area contributed by atoms with E-state index >= 15 is 0 Å². The van der Waals surface area contributed by atoms with Crippen LogP contribution in [-0.2, 0) is 5.60 Å². The van der Waals surface area contributed by atoms with E-state index in [0.29, 0.717) is 0 Å². The summed E-state index contributed by atoms with van der Waals surface area (Å²) in [6.45, 7) is 4.21. The van der Waals surface area contributed by atoms with Gasteiger partial charge in [0.2, 0.25) is 0 Å². The fraction of sp³-hybridized carbons (Fsp3) is 0.700. The van der Waals surface area contributed by atoms with E-state index in [-0.39, 0.29) is 0 Å². The van der Waals surface area contributed by atoms with Gasteiger partial charge in [0, 0.05) is 0 Å². The quantitative estimate of drug-likeness (QED) is 0.454. The highest BCUT2D eigenvalue weighted by Gasteiger charge is 2.21. The number of unbranched alkanes of at least 4 members (excludes halogenated alkanes) is 9. The Hall–Kier alpha value is -0.820. The smallest absolute Gasteiger partial charge is 0.0868 e. The van der Waals surface area contributed by atoms with Crippen LogP contribution >= 0.6 is 0 Å². The predicted molar refractivity (Wildman–Crippen MR) is 92.5 cm³/mol. The van der Waals surface area contributed by atoms with Gasteiger partial charge >= 0.3 is 0 Å². The normalized spacial score (nSPS) is 14.0. The minimum Gasteiger partial charge on any atom is -0.385 e. The van der Waals surface area contributed by atoms with Gasteiger partial charge in [-0.3, -0.25) is 0 Å². The predicted octanol–water partition coefficient (Wildman–Crippen LogP) is 6.21. The van der Waals surface area contributed by atoms with Crippen molar-refractivity contribution < 1.29 is 5.11 Å². The first kappa shape index (κ1) is 18.2. The van der Waals surface area contributed by atoms with Crippen molar-refractivity contribution in [3.8, 4) is 0 Å². The first-order valence-corrected chi connectivity index (χ1v) is 8.94. The Morgan fingerprint density at radius 1 is 0.762 bits per heavy atom. The molecule has 1 atom stereocenters. The molecule has 0 radical (unpaired) electrons. The number of benzene rings is 1. The van der Waals surface area contributed by atoms with E-state index in [0.717, 1.165) is 18.4 Å². The van der Waals surface area contributed by atoms with Crippen LogP contribution in [0.4, 0.5) is 0 Å². The zero-order chi connectivity index (χ0) is 15.4. The molecule has 21 heavy (non-hydrogen) atoms. The summed E-state index contributed by atoms with van der Waals surface area (Å²) in [6.07, 6.45) is 14.3. The van der Waals surface area contributed by atoms with E-state index in [4.69, 9.17) is 0 Å². The molecular weight excluding hydrogens is 256 g/mol. The molecule has 1 unspecified atom stereocenters. The van der Waals surface area contributed by atoms with Gasteiger partial charge in [0.05, 0.1) is 5.60 Å². The molecule has 1 rings (SSSR count). The van der Waals surface area contributed by atoms with Gasteiger partial charge < -0.3 is 5.11 Å². The van der Waals surface area contributed by atoms with E-state index in [1.54, 1.807) is 0 Å². The molecule has 0 aliphatic carbocycles.